The molecule has 0 aliphatic rings. The number of aryl methyl sites for hydroxylation is 1. The number of unbranched alkanes of at least 4 members (excludes halogenated alkanes) is 2. The summed E-state index contributed by atoms with van der Waals surface area (Å²) in [6.45, 7) is 0.706. The minimum Gasteiger partial charge on any atom is -0.339 e. The van der Waals surface area contributed by atoms with E-state index in [2.05, 4.69) is 10.1 Å². The summed E-state index contributed by atoms with van der Waals surface area (Å²) in [7, 11) is 0. The van der Waals surface area contributed by atoms with E-state index < -0.39 is 0 Å². The van der Waals surface area contributed by atoms with Crippen LogP contribution in [0.4, 0.5) is 4.39 Å². The molecule has 1 aromatic heterocycles. The molecule has 0 unspecified atom stereocenters. The van der Waals surface area contributed by atoms with Crippen molar-refractivity contribution in [2.45, 2.75) is 32.1 Å². The maximum Gasteiger partial charge on any atom is 0.226 e. The van der Waals surface area contributed by atoms with Gasteiger partial charge in [-0.2, -0.15) is 4.98 Å². The second-order valence-electron chi connectivity index (χ2n) is 4.62. The van der Waals surface area contributed by atoms with Crippen molar-refractivity contribution in [2.24, 2.45) is 5.73 Å². The quantitative estimate of drug-likeness (QED) is 0.797. The summed E-state index contributed by atoms with van der Waals surface area (Å²) in [6.07, 6.45) is 4.23. The molecule has 0 fully saturated rings. The minimum absolute atomic E-state index is 0.354. The molecule has 0 atom stereocenters. The molecule has 0 bridgehead atoms. The lowest BCUT2D eigenvalue weighted by atomic mass is 10.1. The molecule has 0 amide bonds. The third kappa shape index (κ3) is 4.28. The highest BCUT2D eigenvalue weighted by molar-refractivity contribution is 6.31. The number of rotatable bonds is 7. The molecule has 4 nitrogen and oxygen atoms in total. The third-order valence-corrected chi connectivity index (χ3v) is 3.32. The number of halogens is 2. The summed E-state index contributed by atoms with van der Waals surface area (Å²) in [5.74, 6) is 0.829. The van der Waals surface area contributed by atoms with Crippen LogP contribution in [0.5, 0.6) is 0 Å². The van der Waals surface area contributed by atoms with Crippen LogP contribution in [0.15, 0.2) is 22.7 Å². The Bertz CT molecular complexity index is 559. The van der Waals surface area contributed by atoms with Crippen molar-refractivity contribution in [1.82, 2.24) is 10.1 Å². The summed E-state index contributed by atoms with van der Waals surface area (Å²) in [6, 6.07) is 4.29. The zero-order valence-corrected chi connectivity index (χ0v) is 11.9. The van der Waals surface area contributed by atoms with E-state index in [0.29, 0.717) is 29.7 Å². The van der Waals surface area contributed by atoms with Crippen molar-refractivity contribution in [1.29, 1.82) is 0 Å². The van der Waals surface area contributed by atoms with Gasteiger partial charge in [-0.1, -0.05) is 29.2 Å². The van der Waals surface area contributed by atoms with Crippen LogP contribution in [0.25, 0.3) is 0 Å². The van der Waals surface area contributed by atoms with Crippen LogP contribution in [0.3, 0.4) is 0 Å². The van der Waals surface area contributed by atoms with Crippen molar-refractivity contribution in [2.75, 3.05) is 6.54 Å². The molecule has 20 heavy (non-hydrogen) atoms. The highest BCUT2D eigenvalue weighted by Gasteiger charge is 2.09. The van der Waals surface area contributed by atoms with Gasteiger partial charge in [-0.3, -0.25) is 0 Å². The molecule has 0 spiro atoms. The normalized spacial score (nSPS) is 10.9. The third-order valence-electron chi connectivity index (χ3n) is 2.97. The largest absolute Gasteiger partial charge is 0.339 e. The molecule has 0 radical (unpaired) electrons. The van der Waals surface area contributed by atoms with Crippen molar-refractivity contribution in [3.05, 3.63) is 46.3 Å². The second kappa shape index (κ2) is 7.36. The van der Waals surface area contributed by atoms with E-state index in [4.69, 9.17) is 21.9 Å². The maximum absolute atomic E-state index is 12.9. The summed E-state index contributed by atoms with van der Waals surface area (Å²) < 4.78 is 18.1. The lowest BCUT2D eigenvalue weighted by molar-refractivity contribution is 0.369. The summed E-state index contributed by atoms with van der Waals surface area (Å²) in [4.78, 5) is 4.31. The average molecular weight is 298 g/mol. The summed E-state index contributed by atoms with van der Waals surface area (Å²) in [5.41, 5.74) is 6.21. The summed E-state index contributed by atoms with van der Waals surface area (Å²) >= 11 is 5.97. The highest BCUT2D eigenvalue weighted by Crippen LogP contribution is 2.19. The fourth-order valence-corrected chi connectivity index (χ4v) is 2.13. The van der Waals surface area contributed by atoms with Gasteiger partial charge in [0.05, 0.1) is 0 Å². The Labute approximate surface area is 122 Å². The molecule has 0 aliphatic heterocycles. The Morgan fingerprint density at radius 1 is 1.25 bits per heavy atom. The lowest BCUT2D eigenvalue weighted by Crippen LogP contribution is -1.98. The van der Waals surface area contributed by atoms with Gasteiger partial charge in [0.15, 0.2) is 5.82 Å². The molecule has 2 rings (SSSR count). The van der Waals surface area contributed by atoms with Crippen LogP contribution in [-0.2, 0) is 12.8 Å². The molecule has 2 N–H and O–H groups in total. The number of aromatic nitrogens is 2. The fraction of sp³-hybridized carbons (Fsp3) is 0.429. The summed E-state index contributed by atoms with van der Waals surface area (Å²) in [5, 5.41) is 4.29. The number of hydrogen-bond acceptors (Lipinski definition) is 4. The van der Waals surface area contributed by atoms with E-state index >= 15 is 0 Å². The van der Waals surface area contributed by atoms with E-state index in [1.807, 2.05) is 0 Å². The first-order chi connectivity index (χ1) is 9.69. The minimum atomic E-state index is -0.354. The van der Waals surface area contributed by atoms with Gasteiger partial charge < -0.3 is 10.3 Å². The van der Waals surface area contributed by atoms with Crippen LogP contribution in [0.2, 0.25) is 5.02 Å². The first-order valence-electron chi connectivity index (χ1n) is 6.64. The number of hydrogen-bond donors (Lipinski definition) is 1. The van der Waals surface area contributed by atoms with Crippen LogP contribution >= 0.6 is 11.6 Å². The zero-order valence-electron chi connectivity index (χ0n) is 11.1. The first-order valence-corrected chi connectivity index (χ1v) is 7.02. The van der Waals surface area contributed by atoms with Gasteiger partial charge >= 0.3 is 0 Å². The topological polar surface area (TPSA) is 64.9 Å². The van der Waals surface area contributed by atoms with E-state index in [0.717, 1.165) is 31.2 Å². The predicted octanol–water partition coefficient (Wildman–Crippen LogP) is 3.12. The van der Waals surface area contributed by atoms with Crippen molar-refractivity contribution in [3.63, 3.8) is 0 Å². The molecule has 0 saturated carbocycles. The van der Waals surface area contributed by atoms with E-state index in [-0.39, 0.29) is 5.82 Å². The van der Waals surface area contributed by atoms with Gasteiger partial charge in [0, 0.05) is 17.9 Å². The lowest BCUT2D eigenvalue weighted by Gasteiger charge is -2.00. The maximum atomic E-state index is 12.9. The van der Waals surface area contributed by atoms with Gasteiger partial charge in [0.25, 0.3) is 0 Å². The van der Waals surface area contributed by atoms with Crippen LogP contribution in [0, 0.1) is 5.82 Å². The molecule has 2 aromatic rings. The van der Waals surface area contributed by atoms with Gasteiger partial charge in [-0.25, -0.2) is 4.39 Å². The van der Waals surface area contributed by atoms with E-state index in [9.17, 15) is 4.39 Å². The first kappa shape index (κ1) is 14.9. The molecular weight excluding hydrogens is 281 g/mol. The van der Waals surface area contributed by atoms with E-state index in [1.165, 1.54) is 12.1 Å². The Morgan fingerprint density at radius 2 is 2.10 bits per heavy atom. The van der Waals surface area contributed by atoms with Gasteiger partial charge in [-0.05, 0) is 37.1 Å². The number of nitrogens with zero attached hydrogens (tertiary/aromatic N) is 2. The zero-order chi connectivity index (χ0) is 14.4. The second-order valence-corrected chi connectivity index (χ2v) is 5.02. The predicted molar refractivity (Wildman–Crippen MR) is 75.1 cm³/mol. The number of nitrogens with two attached hydrogens (primary N) is 1. The average Bonchev–Trinajstić information content (AvgIpc) is 2.86. The van der Waals surface area contributed by atoms with Crippen molar-refractivity contribution < 1.29 is 8.91 Å². The Kier molecular flexibility index (Phi) is 5.49. The molecule has 108 valence electrons. The molecule has 1 heterocycles. The van der Waals surface area contributed by atoms with Crippen molar-refractivity contribution in [3.8, 4) is 0 Å². The molecular formula is C14H17ClFN3O. The number of benzene rings is 1. The molecule has 0 aliphatic carbocycles. The smallest absolute Gasteiger partial charge is 0.226 e. The van der Waals surface area contributed by atoms with Crippen LogP contribution in [0.1, 0.15) is 36.5 Å². The molecule has 6 heteroatoms. The van der Waals surface area contributed by atoms with Crippen molar-refractivity contribution >= 4 is 11.6 Å². The SMILES string of the molecule is NCCCCCc1nc(Cc2ccc(F)cc2Cl)no1. The van der Waals surface area contributed by atoms with Crippen LogP contribution < -0.4 is 5.73 Å². The monoisotopic (exact) mass is 297 g/mol. The Morgan fingerprint density at radius 3 is 2.85 bits per heavy atom. The highest BCUT2D eigenvalue weighted by atomic mass is 35.5. The van der Waals surface area contributed by atoms with Gasteiger partial charge in [-0.15, -0.1) is 0 Å². The Hall–Kier alpha value is -1.46. The Balaban J connectivity index is 1.92. The van der Waals surface area contributed by atoms with E-state index in [1.54, 1.807) is 6.07 Å². The fourth-order valence-electron chi connectivity index (χ4n) is 1.90. The van der Waals surface area contributed by atoms with Gasteiger partial charge in [0.1, 0.15) is 5.82 Å². The van der Waals surface area contributed by atoms with Gasteiger partial charge in [0.2, 0.25) is 5.89 Å². The standard InChI is InChI=1S/C14H17ClFN3O/c15-12-9-11(16)6-5-10(12)8-13-18-14(20-19-13)4-2-1-3-7-17/h5-6,9H,1-4,7-8,17H2. The van der Waals surface area contributed by atoms with Crippen LogP contribution in [-0.4, -0.2) is 16.7 Å². The molecule has 1 aromatic carbocycles. The molecule has 0 saturated heterocycles.